The Kier molecular flexibility index (Phi) is 6.10. The minimum absolute atomic E-state index is 0.167. The molecule has 0 fully saturated rings. The highest BCUT2D eigenvalue weighted by molar-refractivity contribution is 9.10. The minimum atomic E-state index is 0.167. The van der Waals surface area contributed by atoms with Gasteiger partial charge in [-0.1, -0.05) is 149 Å². The zero-order valence-corrected chi connectivity index (χ0v) is 25.8. The molecule has 0 saturated carbocycles. The van der Waals surface area contributed by atoms with Gasteiger partial charge in [0.05, 0.1) is 0 Å². The molecular formula is C41H26BrN3. The second kappa shape index (κ2) is 10.5. The van der Waals surface area contributed by atoms with Gasteiger partial charge in [0, 0.05) is 33.0 Å². The van der Waals surface area contributed by atoms with Gasteiger partial charge >= 0.3 is 0 Å². The summed E-state index contributed by atoms with van der Waals surface area (Å²) in [7, 11) is 0. The summed E-state index contributed by atoms with van der Waals surface area (Å²) >= 11 is 3.98. The summed E-state index contributed by atoms with van der Waals surface area (Å²) in [5.74, 6) is 2.35. The van der Waals surface area contributed by atoms with E-state index in [0.717, 1.165) is 26.7 Å². The molecule has 212 valence electrons. The molecule has 0 unspecified atom stereocenters. The Morgan fingerprint density at radius 3 is 1.33 bits per heavy atom. The molecule has 3 aliphatic rings. The summed E-state index contributed by atoms with van der Waals surface area (Å²) in [6, 6.07) is 51.4. The van der Waals surface area contributed by atoms with Crippen molar-refractivity contribution in [2.24, 2.45) is 0 Å². The van der Waals surface area contributed by atoms with Crippen LogP contribution in [0.1, 0.15) is 45.2 Å². The summed E-state index contributed by atoms with van der Waals surface area (Å²) < 4.78 is 1.16. The van der Waals surface area contributed by atoms with E-state index >= 15 is 0 Å². The van der Waals surface area contributed by atoms with Crippen molar-refractivity contribution in [3.8, 4) is 45.3 Å². The van der Waals surface area contributed by atoms with E-state index in [1.807, 2.05) is 60.7 Å². The van der Waals surface area contributed by atoms with Crippen LogP contribution in [0.4, 0.5) is 0 Å². The maximum atomic E-state index is 5.00. The Morgan fingerprint density at radius 1 is 0.378 bits per heavy atom. The fourth-order valence-corrected chi connectivity index (χ4v) is 7.83. The van der Waals surface area contributed by atoms with Gasteiger partial charge in [-0.05, 0) is 56.6 Å². The molecule has 4 heteroatoms. The summed E-state index contributed by atoms with van der Waals surface area (Å²) in [4.78, 5) is 14.9. The van der Waals surface area contributed by atoms with E-state index in [-0.39, 0.29) is 11.8 Å². The molecule has 0 spiro atoms. The first-order chi connectivity index (χ1) is 22.2. The van der Waals surface area contributed by atoms with Crippen LogP contribution in [0.5, 0.6) is 0 Å². The Morgan fingerprint density at radius 2 is 0.800 bits per heavy atom. The highest BCUT2D eigenvalue weighted by Crippen LogP contribution is 2.59. The van der Waals surface area contributed by atoms with Gasteiger partial charge in [-0.2, -0.15) is 0 Å². The smallest absolute Gasteiger partial charge is 0.164 e. The molecule has 0 saturated heterocycles. The van der Waals surface area contributed by atoms with E-state index in [1.54, 1.807) is 0 Å². The molecule has 45 heavy (non-hydrogen) atoms. The first-order valence-corrected chi connectivity index (χ1v) is 16.0. The molecule has 0 aliphatic heterocycles. The average molecular weight is 641 g/mol. The predicted molar refractivity (Wildman–Crippen MR) is 184 cm³/mol. The third-order valence-electron chi connectivity index (χ3n) is 9.18. The van der Waals surface area contributed by atoms with Crippen molar-refractivity contribution >= 4 is 15.9 Å². The molecule has 1 heterocycles. The topological polar surface area (TPSA) is 38.7 Å². The van der Waals surface area contributed by atoms with Crippen molar-refractivity contribution < 1.29 is 0 Å². The minimum Gasteiger partial charge on any atom is -0.208 e. The van der Waals surface area contributed by atoms with Crippen molar-refractivity contribution in [3.05, 3.63) is 183 Å². The predicted octanol–water partition coefficient (Wildman–Crippen LogP) is 10.3. The van der Waals surface area contributed by atoms with Crippen LogP contribution in [-0.2, 0) is 0 Å². The van der Waals surface area contributed by atoms with Crippen LogP contribution in [0.2, 0.25) is 0 Å². The van der Waals surface area contributed by atoms with Crippen LogP contribution < -0.4 is 0 Å². The van der Waals surface area contributed by atoms with Crippen molar-refractivity contribution in [2.75, 3.05) is 0 Å². The lowest BCUT2D eigenvalue weighted by Gasteiger charge is -2.43. The maximum Gasteiger partial charge on any atom is 0.164 e. The quantitative estimate of drug-likeness (QED) is 0.192. The molecule has 0 N–H and O–H groups in total. The Labute approximate surface area is 270 Å². The molecule has 6 aromatic carbocycles. The lowest BCUT2D eigenvalue weighted by Crippen LogP contribution is -2.28. The fourth-order valence-electron chi connectivity index (χ4n) is 7.26. The summed E-state index contributed by atoms with van der Waals surface area (Å²) in [5.41, 5.74) is 13.7. The lowest BCUT2D eigenvalue weighted by atomic mass is 9.60. The van der Waals surface area contributed by atoms with Crippen molar-refractivity contribution in [2.45, 2.75) is 11.8 Å². The molecule has 3 nitrogen and oxygen atoms in total. The first kappa shape index (κ1) is 26.2. The summed E-state index contributed by atoms with van der Waals surface area (Å²) in [6.45, 7) is 0. The van der Waals surface area contributed by atoms with E-state index in [1.165, 1.54) is 38.9 Å². The molecule has 0 radical (unpaired) electrons. The molecule has 1 aromatic heterocycles. The third-order valence-corrected chi connectivity index (χ3v) is 9.87. The Balaban J connectivity index is 1.23. The number of aromatic nitrogens is 3. The van der Waals surface area contributed by atoms with Gasteiger partial charge in [0.15, 0.2) is 17.5 Å². The Bertz CT molecular complexity index is 2140. The molecule has 0 atom stereocenters. The van der Waals surface area contributed by atoms with Crippen molar-refractivity contribution in [1.82, 2.24) is 15.0 Å². The molecule has 0 amide bonds. The number of halogens is 1. The van der Waals surface area contributed by atoms with E-state index < -0.39 is 0 Å². The van der Waals surface area contributed by atoms with Crippen LogP contribution >= 0.6 is 15.9 Å². The third kappa shape index (κ3) is 4.21. The van der Waals surface area contributed by atoms with Gasteiger partial charge < -0.3 is 0 Å². The van der Waals surface area contributed by atoms with Crippen LogP contribution in [0.15, 0.2) is 150 Å². The largest absolute Gasteiger partial charge is 0.208 e. The highest BCUT2D eigenvalue weighted by Gasteiger charge is 2.43. The number of nitrogens with zero attached hydrogens (tertiary/aromatic N) is 3. The normalized spacial score (nSPS) is 15.7. The van der Waals surface area contributed by atoms with E-state index in [0.29, 0.717) is 17.5 Å². The van der Waals surface area contributed by atoms with Gasteiger partial charge in [-0.25, -0.2) is 15.0 Å². The molecule has 10 rings (SSSR count). The summed E-state index contributed by atoms with van der Waals surface area (Å²) in [5, 5.41) is 0. The first-order valence-electron chi connectivity index (χ1n) is 15.2. The van der Waals surface area contributed by atoms with Gasteiger partial charge in [0.2, 0.25) is 0 Å². The van der Waals surface area contributed by atoms with Crippen LogP contribution in [-0.4, -0.2) is 15.0 Å². The zero-order chi connectivity index (χ0) is 29.9. The van der Waals surface area contributed by atoms with Gasteiger partial charge in [0.1, 0.15) is 0 Å². The van der Waals surface area contributed by atoms with Crippen molar-refractivity contribution in [1.29, 1.82) is 0 Å². The zero-order valence-electron chi connectivity index (χ0n) is 24.2. The van der Waals surface area contributed by atoms with Crippen LogP contribution in [0, 0.1) is 0 Å². The molecular weight excluding hydrogens is 614 g/mol. The van der Waals surface area contributed by atoms with E-state index in [2.05, 4.69) is 101 Å². The summed E-state index contributed by atoms with van der Waals surface area (Å²) in [6.07, 6.45) is 0. The standard InChI is InChI=1S/C41H26BrN3/c42-34-23-22-29(37-35-30-18-7-9-20-32(30)36(38(34)37)33-21-10-8-19-31(33)35)27-16-11-17-28(24-27)41-44-39(25-12-3-1-4-13-25)43-40(45-41)26-14-5-2-6-15-26/h1-24,35-36H. The monoisotopic (exact) mass is 639 g/mol. The molecule has 2 bridgehead atoms. The maximum absolute atomic E-state index is 5.00. The second-order valence-electron chi connectivity index (χ2n) is 11.7. The second-order valence-corrected chi connectivity index (χ2v) is 12.5. The molecule has 7 aromatic rings. The van der Waals surface area contributed by atoms with Gasteiger partial charge in [-0.3, -0.25) is 0 Å². The van der Waals surface area contributed by atoms with Gasteiger partial charge in [-0.15, -0.1) is 0 Å². The van der Waals surface area contributed by atoms with Crippen LogP contribution in [0.3, 0.4) is 0 Å². The number of hydrogen-bond donors (Lipinski definition) is 0. The highest BCUT2D eigenvalue weighted by atomic mass is 79.9. The fraction of sp³-hybridized carbons (Fsp3) is 0.0488. The average Bonchev–Trinajstić information content (AvgIpc) is 3.12. The van der Waals surface area contributed by atoms with Crippen molar-refractivity contribution in [3.63, 3.8) is 0 Å². The van der Waals surface area contributed by atoms with Crippen LogP contribution in [0.25, 0.3) is 45.3 Å². The van der Waals surface area contributed by atoms with Gasteiger partial charge in [0.25, 0.3) is 0 Å². The SMILES string of the molecule is Brc1ccc(-c2cccc(-c3nc(-c4ccccc4)nc(-c4ccccc4)n3)c2)c2c1C1c3ccccc3C2c2ccccc21. The van der Waals surface area contributed by atoms with E-state index in [9.17, 15) is 0 Å². The Hall–Kier alpha value is -5.19. The van der Waals surface area contributed by atoms with E-state index in [4.69, 9.17) is 15.0 Å². The number of rotatable bonds is 4. The lowest BCUT2D eigenvalue weighted by molar-refractivity contribution is 0.752. The number of benzene rings is 6. The molecule has 3 aliphatic carbocycles. The number of hydrogen-bond acceptors (Lipinski definition) is 3.